The van der Waals surface area contributed by atoms with Crippen molar-refractivity contribution in [2.75, 3.05) is 0 Å². The minimum absolute atomic E-state index is 0.443. The molecule has 190 valence electrons. The average Bonchev–Trinajstić information content (AvgIpc) is 3.56. The van der Waals surface area contributed by atoms with Crippen LogP contribution < -0.4 is 5.46 Å². The highest BCUT2D eigenvalue weighted by Crippen LogP contribution is 2.45. The highest BCUT2D eigenvalue weighted by molar-refractivity contribution is 7.26. The van der Waals surface area contributed by atoms with E-state index in [0.29, 0.717) is 0 Å². The van der Waals surface area contributed by atoms with E-state index in [1.54, 1.807) is 0 Å². The molecular formula is C34H27BO3S. The maximum atomic E-state index is 6.61. The Bertz CT molecular complexity index is 2080. The van der Waals surface area contributed by atoms with Gasteiger partial charge < -0.3 is 13.7 Å². The molecule has 5 aromatic carbocycles. The molecule has 0 atom stereocenters. The number of hydrogen-bond acceptors (Lipinski definition) is 4. The number of furan rings is 1. The molecule has 39 heavy (non-hydrogen) atoms. The van der Waals surface area contributed by atoms with Gasteiger partial charge in [-0.25, -0.2) is 0 Å². The second-order valence-corrected chi connectivity index (χ2v) is 12.6. The van der Waals surface area contributed by atoms with Gasteiger partial charge in [-0.3, -0.25) is 0 Å². The number of thiophene rings is 1. The molecule has 3 nitrogen and oxygen atoms in total. The number of rotatable bonds is 2. The van der Waals surface area contributed by atoms with Crippen molar-refractivity contribution in [3.05, 3.63) is 91.0 Å². The SMILES string of the molecule is CC1(C)OB(c2cc(-c3cc4ccccc4c4c3sc3ccccc34)cc3oc4ccccc4c23)OC1(C)C. The monoisotopic (exact) mass is 526 g/mol. The van der Waals surface area contributed by atoms with Crippen molar-refractivity contribution in [2.24, 2.45) is 0 Å². The second kappa shape index (κ2) is 7.95. The van der Waals surface area contributed by atoms with Crippen molar-refractivity contribution >= 4 is 76.8 Å². The van der Waals surface area contributed by atoms with E-state index in [1.165, 1.54) is 36.5 Å². The van der Waals surface area contributed by atoms with E-state index < -0.39 is 18.3 Å². The summed E-state index contributed by atoms with van der Waals surface area (Å²) in [5.74, 6) is 0. The fourth-order valence-corrected chi connectivity index (χ4v) is 7.24. The van der Waals surface area contributed by atoms with Crippen LogP contribution in [0, 0.1) is 0 Å². The lowest BCUT2D eigenvalue weighted by Crippen LogP contribution is -2.41. The summed E-state index contributed by atoms with van der Waals surface area (Å²) >= 11 is 1.85. The molecule has 0 saturated carbocycles. The molecule has 0 amide bonds. The molecule has 0 aliphatic carbocycles. The molecule has 0 N–H and O–H groups in total. The van der Waals surface area contributed by atoms with E-state index in [-0.39, 0.29) is 0 Å². The highest BCUT2D eigenvalue weighted by atomic mass is 32.1. The second-order valence-electron chi connectivity index (χ2n) is 11.6. The molecule has 0 bridgehead atoms. The smallest absolute Gasteiger partial charge is 0.456 e. The van der Waals surface area contributed by atoms with Crippen LogP contribution >= 0.6 is 11.3 Å². The molecule has 1 aliphatic heterocycles. The zero-order valence-corrected chi connectivity index (χ0v) is 23.2. The lowest BCUT2D eigenvalue weighted by atomic mass is 9.75. The molecule has 8 rings (SSSR count). The van der Waals surface area contributed by atoms with Crippen molar-refractivity contribution in [2.45, 2.75) is 38.9 Å². The van der Waals surface area contributed by atoms with Crippen molar-refractivity contribution in [1.29, 1.82) is 0 Å². The normalized spacial score (nSPS) is 16.9. The Morgan fingerprint density at radius 2 is 1.31 bits per heavy atom. The average molecular weight is 526 g/mol. The minimum Gasteiger partial charge on any atom is -0.456 e. The highest BCUT2D eigenvalue weighted by Gasteiger charge is 2.52. The van der Waals surface area contributed by atoms with E-state index in [0.717, 1.165) is 33.0 Å². The first-order chi connectivity index (χ1) is 18.8. The fraction of sp³-hybridized carbons (Fsp3) is 0.176. The lowest BCUT2D eigenvalue weighted by Gasteiger charge is -2.32. The largest absolute Gasteiger partial charge is 0.495 e. The van der Waals surface area contributed by atoms with Gasteiger partial charge >= 0.3 is 7.12 Å². The van der Waals surface area contributed by atoms with E-state index in [1.807, 2.05) is 23.5 Å². The van der Waals surface area contributed by atoms with Gasteiger partial charge in [0.05, 0.1) is 11.2 Å². The Hall–Kier alpha value is -3.64. The zero-order valence-electron chi connectivity index (χ0n) is 22.4. The maximum Gasteiger partial charge on any atom is 0.495 e. The summed E-state index contributed by atoms with van der Waals surface area (Å²) < 4.78 is 22.3. The van der Waals surface area contributed by atoms with E-state index in [4.69, 9.17) is 13.7 Å². The Morgan fingerprint density at radius 1 is 0.641 bits per heavy atom. The van der Waals surface area contributed by atoms with Crippen molar-refractivity contribution in [3.63, 3.8) is 0 Å². The minimum atomic E-state index is -0.503. The summed E-state index contributed by atoms with van der Waals surface area (Å²) in [7, 11) is -0.503. The van der Waals surface area contributed by atoms with Crippen molar-refractivity contribution in [1.82, 2.24) is 0 Å². The molecule has 3 heterocycles. The lowest BCUT2D eigenvalue weighted by molar-refractivity contribution is 0.00578. The van der Waals surface area contributed by atoms with Gasteiger partial charge in [0.2, 0.25) is 0 Å². The molecular weight excluding hydrogens is 499 g/mol. The van der Waals surface area contributed by atoms with Gasteiger partial charge in [-0.05, 0) is 73.8 Å². The van der Waals surface area contributed by atoms with Gasteiger partial charge in [-0.15, -0.1) is 11.3 Å². The summed E-state index contributed by atoms with van der Waals surface area (Å²) in [5.41, 5.74) is 4.14. The first-order valence-electron chi connectivity index (χ1n) is 13.4. The quantitative estimate of drug-likeness (QED) is 0.211. The Balaban J connectivity index is 1.47. The third-order valence-corrected chi connectivity index (χ3v) is 9.90. The van der Waals surface area contributed by atoms with Crippen LogP contribution in [-0.2, 0) is 9.31 Å². The van der Waals surface area contributed by atoms with Crippen LogP contribution in [0.25, 0.3) is 64.0 Å². The van der Waals surface area contributed by atoms with Gasteiger partial charge in [0, 0.05) is 36.5 Å². The molecule has 0 radical (unpaired) electrons. The summed E-state index contributed by atoms with van der Waals surface area (Å²) in [4.78, 5) is 0. The van der Waals surface area contributed by atoms with E-state index in [9.17, 15) is 0 Å². The summed E-state index contributed by atoms with van der Waals surface area (Å²) in [6.45, 7) is 8.41. The molecule has 0 spiro atoms. The maximum absolute atomic E-state index is 6.61. The fourth-order valence-electron chi connectivity index (χ4n) is 5.99. The molecule has 1 aliphatic rings. The van der Waals surface area contributed by atoms with E-state index in [2.05, 4.69) is 107 Å². The van der Waals surface area contributed by atoms with Crippen molar-refractivity contribution in [3.8, 4) is 11.1 Å². The van der Waals surface area contributed by atoms with Crippen LogP contribution in [0.3, 0.4) is 0 Å². The number of fused-ring (bicyclic) bond motifs is 8. The number of hydrogen-bond donors (Lipinski definition) is 0. The summed E-state index contributed by atoms with van der Waals surface area (Å²) in [6, 6.07) is 32.4. The predicted octanol–water partition coefficient (Wildman–Crippen LogP) is 9.07. The molecule has 1 fully saturated rings. The van der Waals surface area contributed by atoms with Gasteiger partial charge in [0.15, 0.2) is 0 Å². The molecule has 7 aromatic rings. The topological polar surface area (TPSA) is 31.6 Å². The third-order valence-electron chi connectivity index (χ3n) is 8.70. The van der Waals surface area contributed by atoms with E-state index >= 15 is 0 Å². The Morgan fingerprint density at radius 3 is 2.10 bits per heavy atom. The standard InChI is InChI=1S/C34H27BO3S/c1-33(2)34(3,4)38-35(37-33)26-18-21(19-28-31(26)23-13-7-9-15-27(23)36-28)25-17-20-11-5-6-12-22(20)30-24-14-8-10-16-29(24)39-32(25)30/h5-19H,1-4H3. The Kier molecular flexibility index (Phi) is 4.74. The third kappa shape index (κ3) is 3.30. The first kappa shape index (κ1) is 23.3. The van der Waals surface area contributed by atoms with Crippen LogP contribution in [0.2, 0.25) is 0 Å². The Labute approximate surface area is 231 Å². The van der Waals surface area contributed by atoms with Crippen LogP contribution in [0.4, 0.5) is 0 Å². The first-order valence-corrected chi connectivity index (χ1v) is 14.3. The molecule has 1 saturated heterocycles. The van der Waals surface area contributed by atoms with Crippen molar-refractivity contribution < 1.29 is 13.7 Å². The number of para-hydroxylation sites is 1. The molecule has 0 unspecified atom stereocenters. The van der Waals surface area contributed by atoms with Crippen LogP contribution in [0.15, 0.2) is 95.4 Å². The molecule has 2 aromatic heterocycles. The predicted molar refractivity (Wildman–Crippen MR) is 165 cm³/mol. The van der Waals surface area contributed by atoms with Gasteiger partial charge in [0.25, 0.3) is 0 Å². The van der Waals surface area contributed by atoms with Crippen LogP contribution in [0.1, 0.15) is 27.7 Å². The summed E-state index contributed by atoms with van der Waals surface area (Å²) in [6.07, 6.45) is 0. The van der Waals surface area contributed by atoms with Gasteiger partial charge in [-0.1, -0.05) is 66.7 Å². The zero-order chi connectivity index (χ0) is 26.5. The summed E-state index contributed by atoms with van der Waals surface area (Å²) in [5, 5.41) is 7.25. The van der Waals surface area contributed by atoms with Crippen LogP contribution in [-0.4, -0.2) is 18.3 Å². The van der Waals surface area contributed by atoms with Crippen LogP contribution in [0.5, 0.6) is 0 Å². The van der Waals surface area contributed by atoms with Gasteiger partial charge in [-0.2, -0.15) is 0 Å². The molecule has 5 heteroatoms. The number of benzene rings is 5. The van der Waals surface area contributed by atoms with Gasteiger partial charge in [0.1, 0.15) is 11.2 Å².